The molecule has 0 aliphatic carbocycles. The Bertz CT molecular complexity index is 1260. The third-order valence-electron chi connectivity index (χ3n) is 11.6. The highest BCUT2D eigenvalue weighted by Crippen LogP contribution is 2.34. The van der Waals surface area contributed by atoms with E-state index in [0.29, 0.717) is 39.1 Å². The van der Waals surface area contributed by atoms with Crippen LogP contribution in [0.3, 0.4) is 0 Å². The van der Waals surface area contributed by atoms with Crippen LogP contribution in [0.5, 0.6) is 0 Å². The van der Waals surface area contributed by atoms with Crippen molar-refractivity contribution in [1.82, 2.24) is 0 Å². The summed E-state index contributed by atoms with van der Waals surface area (Å²) in [5.74, 6) is 0. The molecule has 377 valence electrons. The SMILES string of the molecule is CCCCC[Si]1(C)O[Si](CC[Si]O[Si]O[Si]CC[Si]2OC(C)C[Si](C)(CC[Si]O[Si]O[Si]CC[Si]3OC(C)C[SiH](C)O[Si](C)(CCCCC)O3)O[Si](C)(CCCCC)O2)OC(C)C[SiH](C)O1. The van der Waals surface area contributed by atoms with Crippen molar-refractivity contribution in [3.05, 3.63) is 0 Å². The highest BCUT2D eigenvalue weighted by molar-refractivity contribution is 6.86. The van der Waals surface area contributed by atoms with Crippen LogP contribution in [0.2, 0.25) is 124 Å². The Morgan fingerprint density at radius 3 is 1.27 bits per heavy atom. The second-order valence-electron chi connectivity index (χ2n) is 19.2. The molecular formula is C38H87O13Si15. The van der Waals surface area contributed by atoms with Crippen molar-refractivity contribution in [3.63, 3.8) is 0 Å². The highest BCUT2D eigenvalue weighted by Gasteiger charge is 2.47. The molecule has 3 rings (SSSR count). The monoisotopic (exact) mass is 1170 g/mol. The van der Waals surface area contributed by atoms with Gasteiger partial charge in [-0.25, -0.2) is 0 Å². The molecule has 0 aromatic carbocycles. The average Bonchev–Trinajstić information content (AvgIpc) is 3.20. The van der Waals surface area contributed by atoms with Crippen LogP contribution in [0.15, 0.2) is 0 Å². The van der Waals surface area contributed by atoms with E-state index in [0.717, 1.165) is 91.0 Å². The highest BCUT2D eigenvalue weighted by atomic mass is 28.5. The number of hydrogen-bond donors (Lipinski definition) is 0. The average molecular weight is 1170 g/mol. The van der Waals surface area contributed by atoms with E-state index in [2.05, 4.69) is 80.8 Å². The minimum absolute atomic E-state index is 0.0535. The molecule has 3 aliphatic rings. The van der Waals surface area contributed by atoms with Crippen LogP contribution in [0.25, 0.3) is 0 Å². The Morgan fingerprint density at radius 1 is 0.500 bits per heavy atom. The lowest BCUT2D eigenvalue weighted by Crippen LogP contribution is -2.57. The molecule has 0 amide bonds. The zero-order valence-electron chi connectivity index (χ0n) is 43.0. The Labute approximate surface area is 431 Å². The summed E-state index contributed by atoms with van der Waals surface area (Å²) in [6.07, 6.45) is 11.4. The van der Waals surface area contributed by atoms with Gasteiger partial charge < -0.3 is 54.4 Å². The maximum atomic E-state index is 7.32. The van der Waals surface area contributed by atoms with E-state index >= 15 is 0 Å². The van der Waals surface area contributed by atoms with Gasteiger partial charge in [0.2, 0.25) is 39.1 Å². The van der Waals surface area contributed by atoms with E-state index in [1.807, 2.05) is 0 Å². The van der Waals surface area contributed by atoms with Crippen molar-refractivity contribution in [1.29, 1.82) is 0 Å². The predicted octanol–water partition coefficient (Wildman–Crippen LogP) is 9.16. The maximum absolute atomic E-state index is 7.32. The molecule has 28 heteroatoms. The summed E-state index contributed by atoms with van der Waals surface area (Å²) in [5, 5.41) is 0. The van der Waals surface area contributed by atoms with E-state index in [1.165, 1.54) is 51.4 Å². The Hall–Kier alpha value is 2.73. The van der Waals surface area contributed by atoms with Crippen molar-refractivity contribution >= 4 is 139 Å². The van der Waals surface area contributed by atoms with Gasteiger partial charge in [-0.05, 0) is 145 Å². The lowest BCUT2D eigenvalue weighted by atomic mass is 10.3. The quantitative estimate of drug-likeness (QED) is 0.0471. The van der Waals surface area contributed by atoms with Crippen molar-refractivity contribution in [2.75, 3.05) is 0 Å². The van der Waals surface area contributed by atoms with Gasteiger partial charge in [0.1, 0.15) is 0 Å². The van der Waals surface area contributed by atoms with Crippen LogP contribution >= 0.6 is 0 Å². The maximum Gasteiger partial charge on any atom is 0.409 e. The molecule has 9 atom stereocenters. The largest absolute Gasteiger partial charge is 0.439 e. The van der Waals surface area contributed by atoms with Gasteiger partial charge >= 0.3 is 73.5 Å². The van der Waals surface area contributed by atoms with E-state index in [4.69, 9.17) is 54.4 Å². The lowest BCUT2D eigenvalue weighted by molar-refractivity contribution is 0.173. The first-order chi connectivity index (χ1) is 31.5. The van der Waals surface area contributed by atoms with Crippen LogP contribution in [-0.2, 0) is 54.4 Å². The Morgan fingerprint density at radius 2 is 0.864 bits per heavy atom. The number of rotatable bonds is 32. The summed E-state index contributed by atoms with van der Waals surface area (Å²) in [6, 6.07) is 13.9. The first kappa shape index (κ1) is 63.0. The number of hydrogen-bond acceptors (Lipinski definition) is 13. The molecule has 0 N–H and O–H groups in total. The fourth-order valence-electron chi connectivity index (χ4n) is 8.76. The summed E-state index contributed by atoms with van der Waals surface area (Å²) in [5.41, 5.74) is 0. The molecular weight excluding hydrogens is 1090 g/mol. The first-order valence-electron chi connectivity index (χ1n) is 25.3. The van der Waals surface area contributed by atoms with Crippen molar-refractivity contribution in [3.8, 4) is 0 Å². The predicted molar refractivity (Wildman–Crippen MR) is 293 cm³/mol. The van der Waals surface area contributed by atoms with Crippen LogP contribution in [0.1, 0.15) is 99.3 Å². The molecule has 3 aliphatic heterocycles. The van der Waals surface area contributed by atoms with Crippen LogP contribution in [0, 0.1) is 0 Å². The van der Waals surface area contributed by atoms with Gasteiger partial charge in [0.15, 0.2) is 26.4 Å². The molecule has 3 fully saturated rings. The van der Waals surface area contributed by atoms with Crippen LogP contribution in [-0.4, -0.2) is 157 Å². The van der Waals surface area contributed by atoms with Crippen LogP contribution < -0.4 is 0 Å². The third kappa shape index (κ3) is 27.9. The lowest BCUT2D eigenvalue weighted by Gasteiger charge is -2.43. The zero-order valence-corrected chi connectivity index (χ0v) is 58.3. The molecule has 0 bridgehead atoms. The van der Waals surface area contributed by atoms with Crippen LogP contribution in [0.4, 0.5) is 0 Å². The Balaban J connectivity index is 1.34. The summed E-state index contributed by atoms with van der Waals surface area (Å²) >= 11 is 0. The molecule has 0 spiro atoms. The summed E-state index contributed by atoms with van der Waals surface area (Å²) < 4.78 is 85.0. The van der Waals surface area contributed by atoms with E-state index in [-0.39, 0.29) is 38.3 Å². The molecule has 0 saturated carbocycles. The van der Waals surface area contributed by atoms with E-state index in [9.17, 15) is 0 Å². The standard InChI is InChI=1S/C38H87O13Si15/c1-13-16-19-29-64(10)46-58(7)33-36(4)39-60(48-64)26-22-52-42-56-43-54-24-28-62-41-38(6)35-63(9,51-66(12,50-62)31-21-18-15-3)32-25-55-45-57-44-53-23-27-61-40-37(5)34-59(8)47-65(11,49-61)30-20-17-14-2/h36-38,58-59H,13-35H2,1-12H3. The Kier molecular flexibility index (Phi) is 33.5. The van der Waals surface area contributed by atoms with E-state index < -0.39 is 79.9 Å². The minimum atomic E-state index is -2.44. The second-order valence-corrected chi connectivity index (χ2v) is 51.9. The van der Waals surface area contributed by atoms with E-state index in [1.54, 1.807) is 0 Å². The van der Waals surface area contributed by atoms with Gasteiger partial charge in [-0.15, -0.1) is 0 Å². The zero-order chi connectivity index (χ0) is 48.3. The molecule has 3 saturated heterocycles. The summed E-state index contributed by atoms with van der Waals surface area (Å²) in [4.78, 5) is 0. The molecule has 0 aromatic heterocycles. The number of unbranched alkanes of at least 4 members (excludes halogenated alkanes) is 6. The normalized spacial score (nSPS) is 32.6. The van der Waals surface area contributed by atoms with Gasteiger partial charge in [0.05, 0.1) is 0 Å². The first-order valence-corrected chi connectivity index (χ1v) is 51.2. The van der Waals surface area contributed by atoms with Crippen molar-refractivity contribution in [2.45, 2.75) is 242 Å². The van der Waals surface area contributed by atoms with Crippen molar-refractivity contribution < 1.29 is 54.4 Å². The fraction of sp³-hybridized carbons (Fsp3) is 1.00. The second kappa shape index (κ2) is 35.1. The summed E-state index contributed by atoms with van der Waals surface area (Å²) in [6.45, 7) is 27.2. The molecule has 66 heavy (non-hydrogen) atoms. The smallest absolute Gasteiger partial charge is 0.409 e. The molecule has 15 radical (unpaired) electrons. The van der Waals surface area contributed by atoms with Gasteiger partial charge in [0.25, 0.3) is 0 Å². The van der Waals surface area contributed by atoms with Gasteiger partial charge in [-0.3, -0.25) is 0 Å². The topological polar surface area (TPSA) is 120 Å². The van der Waals surface area contributed by atoms with Gasteiger partial charge in [0, 0.05) is 18.3 Å². The minimum Gasteiger partial charge on any atom is -0.439 e. The fourth-order valence-corrected chi connectivity index (χ4v) is 51.8. The molecule has 9 unspecified atom stereocenters. The van der Waals surface area contributed by atoms with Gasteiger partial charge in [-0.1, -0.05) is 78.6 Å². The summed E-state index contributed by atoms with van der Waals surface area (Å²) in [7, 11) is -14.1. The molecule has 13 nitrogen and oxygen atoms in total. The molecule has 3 heterocycles. The molecule has 0 aromatic rings. The third-order valence-corrected chi connectivity index (χ3v) is 51.0. The van der Waals surface area contributed by atoms with Gasteiger partial charge in [-0.2, -0.15) is 0 Å². The van der Waals surface area contributed by atoms with Crippen molar-refractivity contribution in [2.24, 2.45) is 0 Å².